The van der Waals surface area contributed by atoms with Crippen LogP contribution in [0.25, 0.3) is 0 Å². The van der Waals surface area contributed by atoms with Crippen LogP contribution in [-0.2, 0) is 0 Å². The van der Waals surface area contributed by atoms with E-state index in [-0.39, 0.29) is 15.4 Å². The molecule has 0 bridgehead atoms. The zero-order valence-electron chi connectivity index (χ0n) is 10.0. The molecular weight excluding hydrogens is 516 g/mol. The van der Waals surface area contributed by atoms with Gasteiger partial charge in [-0.2, -0.15) is 0 Å². The largest absolute Gasteiger partial charge is 0.289 e. The Morgan fingerprint density at radius 3 is 1.55 bits per heavy atom. The summed E-state index contributed by atoms with van der Waals surface area (Å²) >= 11 is 14.3. The van der Waals surface area contributed by atoms with E-state index in [9.17, 15) is 4.79 Å². The lowest BCUT2D eigenvalue weighted by atomic mass is 9.99. The third-order valence-electron chi connectivity index (χ3n) is 3.37. The average molecular weight is 524 g/mol. The van der Waals surface area contributed by atoms with Gasteiger partial charge in [-0.05, 0) is 35.4 Å². The van der Waals surface area contributed by atoms with E-state index in [1.165, 1.54) is 0 Å². The molecule has 0 fully saturated rings. The first-order valence-electron chi connectivity index (χ1n) is 5.91. The molecule has 0 radical (unpaired) electrons. The molecule has 2 unspecified atom stereocenters. The third-order valence-corrected chi connectivity index (χ3v) is 7.11. The number of ketones is 1. The van der Waals surface area contributed by atoms with Crippen LogP contribution in [0.1, 0.15) is 36.7 Å². The van der Waals surface area contributed by atoms with Crippen molar-refractivity contribution in [2.75, 3.05) is 0 Å². The van der Waals surface area contributed by atoms with Gasteiger partial charge in [0, 0.05) is 20.1 Å². The average Bonchev–Trinajstić information content (AvgIpc) is 2.50. The molecule has 1 aliphatic carbocycles. The van der Waals surface area contributed by atoms with Gasteiger partial charge in [0.15, 0.2) is 5.78 Å². The van der Waals surface area contributed by atoms with Crippen molar-refractivity contribution in [1.82, 2.24) is 0 Å². The Balaban J connectivity index is 2.32. The standard InChI is InChI=1S/C15H8Br4O/c16-7-1-3-9-11(5-7)15(20)12-6-8(17)2-4-10(12)14(19)13(9)18/h1-6,13-14H. The lowest BCUT2D eigenvalue weighted by molar-refractivity contribution is 0.103. The minimum atomic E-state index is 0.0528. The molecular formula is C15H8Br4O. The van der Waals surface area contributed by atoms with Crippen molar-refractivity contribution in [2.24, 2.45) is 0 Å². The summed E-state index contributed by atoms with van der Waals surface area (Å²) in [6, 6.07) is 11.7. The number of carbonyl (C=O) groups is 1. The molecule has 102 valence electrons. The number of rotatable bonds is 0. The van der Waals surface area contributed by atoms with Crippen molar-refractivity contribution >= 4 is 69.5 Å². The van der Waals surface area contributed by atoms with Gasteiger partial charge in [0.05, 0.1) is 9.65 Å². The highest BCUT2D eigenvalue weighted by atomic mass is 79.9. The highest BCUT2D eigenvalue weighted by Crippen LogP contribution is 2.48. The Bertz CT molecular complexity index is 652. The molecule has 0 N–H and O–H groups in total. The molecule has 0 amide bonds. The number of halogens is 4. The fraction of sp³-hybridized carbons (Fsp3) is 0.133. The van der Waals surface area contributed by atoms with Crippen LogP contribution in [-0.4, -0.2) is 5.78 Å². The second-order valence-corrected chi connectivity index (χ2v) is 8.40. The van der Waals surface area contributed by atoms with Crippen molar-refractivity contribution in [3.8, 4) is 0 Å². The van der Waals surface area contributed by atoms with Crippen LogP contribution in [0.3, 0.4) is 0 Å². The minimum Gasteiger partial charge on any atom is -0.289 e. The zero-order chi connectivity index (χ0) is 14.4. The van der Waals surface area contributed by atoms with E-state index < -0.39 is 0 Å². The molecule has 5 heteroatoms. The third kappa shape index (κ3) is 2.47. The first-order valence-corrected chi connectivity index (χ1v) is 9.32. The second-order valence-electron chi connectivity index (χ2n) is 4.60. The van der Waals surface area contributed by atoms with Gasteiger partial charge in [-0.25, -0.2) is 0 Å². The minimum absolute atomic E-state index is 0.0528. The van der Waals surface area contributed by atoms with E-state index >= 15 is 0 Å². The normalized spacial score (nSPS) is 21.1. The molecule has 0 saturated heterocycles. The summed E-state index contributed by atoms with van der Waals surface area (Å²) in [4.78, 5) is 12.9. The Labute approximate surface area is 150 Å². The quantitative estimate of drug-likeness (QED) is 0.369. The molecule has 2 aromatic carbocycles. The molecule has 20 heavy (non-hydrogen) atoms. The summed E-state index contributed by atoms with van der Waals surface area (Å²) in [6.45, 7) is 0. The molecule has 0 heterocycles. The predicted molar refractivity (Wildman–Crippen MR) is 95.1 cm³/mol. The molecule has 2 atom stereocenters. The molecule has 0 spiro atoms. The van der Waals surface area contributed by atoms with E-state index in [0.717, 1.165) is 31.2 Å². The Hall–Kier alpha value is 0.0300. The lowest BCUT2D eigenvalue weighted by Crippen LogP contribution is -2.04. The molecule has 2 aromatic rings. The van der Waals surface area contributed by atoms with Gasteiger partial charge < -0.3 is 0 Å². The Morgan fingerprint density at radius 2 is 1.15 bits per heavy atom. The first kappa shape index (κ1) is 14.9. The number of alkyl halides is 2. The maximum Gasteiger partial charge on any atom is 0.193 e. The van der Waals surface area contributed by atoms with Crippen molar-refractivity contribution in [1.29, 1.82) is 0 Å². The van der Waals surface area contributed by atoms with Crippen LogP contribution in [0, 0.1) is 0 Å². The van der Waals surface area contributed by atoms with E-state index in [0.29, 0.717) is 0 Å². The highest BCUT2D eigenvalue weighted by molar-refractivity contribution is 9.12. The van der Waals surface area contributed by atoms with Crippen LogP contribution >= 0.6 is 63.7 Å². The van der Waals surface area contributed by atoms with E-state index in [2.05, 4.69) is 63.7 Å². The van der Waals surface area contributed by atoms with Gasteiger partial charge in [0.2, 0.25) is 0 Å². The number of benzene rings is 2. The monoisotopic (exact) mass is 520 g/mol. The molecule has 0 aromatic heterocycles. The number of hydrogen-bond acceptors (Lipinski definition) is 1. The highest BCUT2D eigenvalue weighted by Gasteiger charge is 2.32. The van der Waals surface area contributed by atoms with Gasteiger partial charge in [-0.15, -0.1) is 0 Å². The van der Waals surface area contributed by atoms with Crippen LogP contribution in [0.15, 0.2) is 45.3 Å². The summed E-state index contributed by atoms with van der Waals surface area (Å²) in [6.07, 6.45) is 0. The summed E-state index contributed by atoms with van der Waals surface area (Å²) in [5, 5.41) is 0. The first-order chi connectivity index (χ1) is 9.49. The van der Waals surface area contributed by atoms with E-state index in [1.54, 1.807) is 0 Å². The topological polar surface area (TPSA) is 17.1 Å². The second kappa shape index (κ2) is 5.67. The number of carbonyl (C=O) groups excluding carboxylic acids is 1. The maximum atomic E-state index is 12.8. The van der Waals surface area contributed by atoms with Gasteiger partial charge in [0.25, 0.3) is 0 Å². The van der Waals surface area contributed by atoms with Crippen LogP contribution in [0.4, 0.5) is 0 Å². The fourth-order valence-corrected chi connectivity index (χ4v) is 4.48. The van der Waals surface area contributed by atoms with Crippen molar-refractivity contribution < 1.29 is 4.79 Å². The fourth-order valence-electron chi connectivity index (χ4n) is 2.39. The number of hydrogen-bond donors (Lipinski definition) is 0. The lowest BCUT2D eigenvalue weighted by Gasteiger charge is -2.17. The Kier molecular flexibility index (Phi) is 4.24. The van der Waals surface area contributed by atoms with Crippen LogP contribution < -0.4 is 0 Å². The van der Waals surface area contributed by atoms with E-state index in [1.807, 2.05) is 36.4 Å². The van der Waals surface area contributed by atoms with Gasteiger partial charge in [0.1, 0.15) is 0 Å². The van der Waals surface area contributed by atoms with Gasteiger partial charge >= 0.3 is 0 Å². The van der Waals surface area contributed by atoms with Crippen molar-refractivity contribution in [2.45, 2.75) is 9.65 Å². The summed E-state index contributed by atoms with van der Waals surface area (Å²) in [7, 11) is 0. The van der Waals surface area contributed by atoms with Crippen molar-refractivity contribution in [3.63, 3.8) is 0 Å². The van der Waals surface area contributed by atoms with Gasteiger partial charge in [-0.3, -0.25) is 4.79 Å². The molecule has 0 saturated carbocycles. The zero-order valence-corrected chi connectivity index (χ0v) is 16.4. The molecule has 1 aliphatic rings. The van der Waals surface area contributed by atoms with Crippen LogP contribution in [0.2, 0.25) is 0 Å². The Morgan fingerprint density at radius 1 is 0.750 bits per heavy atom. The number of fused-ring (bicyclic) bond motifs is 2. The maximum absolute atomic E-state index is 12.8. The van der Waals surface area contributed by atoms with Gasteiger partial charge in [-0.1, -0.05) is 75.9 Å². The predicted octanol–water partition coefficient (Wildman–Crippen LogP) is 6.33. The summed E-state index contributed by atoms with van der Waals surface area (Å²) in [5.74, 6) is 0.0593. The summed E-state index contributed by atoms with van der Waals surface area (Å²) < 4.78 is 1.82. The molecule has 0 aliphatic heterocycles. The molecule has 3 rings (SSSR count). The molecule has 1 nitrogen and oxygen atoms in total. The summed E-state index contributed by atoms with van der Waals surface area (Å²) in [5.41, 5.74) is 3.49. The van der Waals surface area contributed by atoms with Crippen LogP contribution in [0.5, 0.6) is 0 Å². The smallest absolute Gasteiger partial charge is 0.193 e. The van der Waals surface area contributed by atoms with E-state index in [4.69, 9.17) is 0 Å². The SMILES string of the molecule is O=C1c2cc(Br)ccc2C(Br)C(Br)c2ccc(Br)cc21. The van der Waals surface area contributed by atoms with Crippen molar-refractivity contribution in [3.05, 3.63) is 67.6 Å².